The summed E-state index contributed by atoms with van der Waals surface area (Å²) < 4.78 is 14.1. The molecule has 0 radical (unpaired) electrons. The second-order valence-electron chi connectivity index (χ2n) is 10.3. The van der Waals surface area contributed by atoms with Gasteiger partial charge in [0.1, 0.15) is 12.2 Å². The zero-order valence-corrected chi connectivity index (χ0v) is 18.1. The Morgan fingerprint density at radius 3 is 2.60 bits per heavy atom. The van der Waals surface area contributed by atoms with E-state index in [1.165, 1.54) is 0 Å². The highest BCUT2D eigenvalue weighted by Crippen LogP contribution is 2.41. The number of fused-ring (bicyclic) bond motifs is 2. The van der Waals surface area contributed by atoms with Crippen molar-refractivity contribution in [2.75, 3.05) is 20.1 Å². The largest absolute Gasteiger partial charge is 0.341 e. The third-order valence-corrected chi connectivity index (χ3v) is 8.47. The van der Waals surface area contributed by atoms with E-state index in [2.05, 4.69) is 23.1 Å². The Morgan fingerprint density at radius 2 is 1.87 bits per heavy atom. The van der Waals surface area contributed by atoms with Crippen LogP contribution in [0.1, 0.15) is 51.9 Å². The summed E-state index contributed by atoms with van der Waals surface area (Å²) in [6.07, 6.45) is 5.26. The number of hydrazine groups is 1. The molecule has 3 saturated heterocycles. The van der Waals surface area contributed by atoms with Gasteiger partial charge in [-0.05, 0) is 50.4 Å². The van der Waals surface area contributed by atoms with Crippen LogP contribution in [-0.4, -0.2) is 78.1 Å². The molecule has 168 valence electrons. The number of halogens is 1. The van der Waals surface area contributed by atoms with E-state index in [1.807, 2.05) is 16.8 Å². The van der Waals surface area contributed by atoms with Crippen LogP contribution in [0.15, 0.2) is 0 Å². The molecular weight excluding hydrogens is 385 g/mol. The summed E-state index contributed by atoms with van der Waals surface area (Å²) in [6, 6.07) is 0.262. The molecule has 3 aliphatic heterocycles. The van der Waals surface area contributed by atoms with Gasteiger partial charge in [0.05, 0.1) is 6.04 Å². The molecule has 2 aliphatic carbocycles. The standard InChI is InChI=1S/C22H36FN5O2/c1-3-12-8-13(23)9-18-15(12)10-19(24-18)21(29)28-7-6-17-16(11-28)20(26-25-17)22(30)27(2)14-4-5-14/h12-20,24-26H,3-11H2,1-2H3. The number of nitrogens with one attached hydrogen (secondary N) is 3. The smallest absolute Gasteiger partial charge is 0.241 e. The summed E-state index contributed by atoms with van der Waals surface area (Å²) in [7, 11) is 1.90. The molecule has 8 heteroatoms. The molecule has 0 bridgehead atoms. The normalized spacial score (nSPS) is 43.2. The van der Waals surface area contributed by atoms with Crippen molar-refractivity contribution in [2.45, 2.75) is 88.3 Å². The quantitative estimate of drug-likeness (QED) is 0.626. The van der Waals surface area contributed by atoms with Crippen LogP contribution in [-0.2, 0) is 9.59 Å². The lowest BCUT2D eigenvalue weighted by atomic mass is 9.74. The lowest BCUT2D eigenvalue weighted by Gasteiger charge is -2.37. The highest BCUT2D eigenvalue weighted by Gasteiger charge is 2.49. The van der Waals surface area contributed by atoms with E-state index >= 15 is 0 Å². The molecule has 3 N–H and O–H groups in total. The fourth-order valence-electron chi connectivity index (χ4n) is 6.50. The Balaban J connectivity index is 1.23. The summed E-state index contributed by atoms with van der Waals surface area (Å²) in [6.45, 7) is 3.45. The van der Waals surface area contributed by atoms with Crippen LogP contribution in [0.4, 0.5) is 4.39 Å². The maximum atomic E-state index is 14.1. The molecule has 2 saturated carbocycles. The van der Waals surface area contributed by atoms with Crippen molar-refractivity contribution in [3.63, 3.8) is 0 Å². The van der Waals surface area contributed by atoms with Gasteiger partial charge >= 0.3 is 0 Å². The Morgan fingerprint density at radius 1 is 1.07 bits per heavy atom. The van der Waals surface area contributed by atoms with Crippen LogP contribution in [0, 0.1) is 17.8 Å². The van der Waals surface area contributed by atoms with Gasteiger partial charge < -0.3 is 15.1 Å². The van der Waals surface area contributed by atoms with Crippen LogP contribution in [0.5, 0.6) is 0 Å². The fourth-order valence-corrected chi connectivity index (χ4v) is 6.50. The molecule has 8 atom stereocenters. The summed E-state index contributed by atoms with van der Waals surface area (Å²) in [5.74, 6) is 1.15. The monoisotopic (exact) mass is 421 g/mol. The molecule has 2 amide bonds. The first-order valence-corrected chi connectivity index (χ1v) is 11.9. The van der Waals surface area contributed by atoms with Crippen molar-refractivity contribution >= 4 is 11.8 Å². The summed E-state index contributed by atoms with van der Waals surface area (Å²) in [5, 5.41) is 3.48. The lowest BCUT2D eigenvalue weighted by molar-refractivity contribution is -0.138. The third-order valence-electron chi connectivity index (χ3n) is 8.47. The number of nitrogens with zero attached hydrogens (tertiary/aromatic N) is 2. The number of likely N-dealkylation sites (tertiary alicyclic amines) is 1. The van der Waals surface area contributed by atoms with Crippen molar-refractivity contribution in [1.29, 1.82) is 0 Å². The number of piperidine rings is 1. The van der Waals surface area contributed by atoms with E-state index in [-0.39, 0.29) is 41.9 Å². The molecular formula is C22H36FN5O2. The minimum atomic E-state index is -0.751. The summed E-state index contributed by atoms with van der Waals surface area (Å²) in [5.41, 5.74) is 6.51. The van der Waals surface area contributed by atoms with Gasteiger partial charge in [0.25, 0.3) is 0 Å². The maximum Gasteiger partial charge on any atom is 0.241 e. The highest BCUT2D eigenvalue weighted by molar-refractivity contribution is 5.84. The molecule has 5 rings (SSSR count). The minimum Gasteiger partial charge on any atom is -0.341 e. The topological polar surface area (TPSA) is 76.7 Å². The van der Waals surface area contributed by atoms with Gasteiger partial charge in [-0.15, -0.1) is 0 Å². The third kappa shape index (κ3) is 3.65. The van der Waals surface area contributed by atoms with Crippen molar-refractivity contribution in [3.05, 3.63) is 0 Å². The first kappa shape index (κ1) is 20.6. The predicted molar refractivity (Wildman–Crippen MR) is 111 cm³/mol. The number of hydrogen-bond acceptors (Lipinski definition) is 5. The molecule has 5 aliphatic rings. The number of amides is 2. The zero-order chi connectivity index (χ0) is 21.0. The van der Waals surface area contributed by atoms with E-state index in [4.69, 9.17) is 0 Å². The molecule has 0 aromatic carbocycles. The zero-order valence-electron chi connectivity index (χ0n) is 18.1. The Bertz CT molecular complexity index is 688. The highest BCUT2D eigenvalue weighted by atomic mass is 19.1. The number of hydrogen-bond donors (Lipinski definition) is 3. The molecule has 0 aromatic rings. The molecule has 0 spiro atoms. The van der Waals surface area contributed by atoms with E-state index in [0.717, 1.165) is 32.1 Å². The first-order valence-electron chi connectivity index (χ1n) is 11.9. The van der Waals surface area contributed by atoms with Crippen LogP contribution in [0.3, 0.4) is 0 Å². The molecule has 7 nitrogen and oxygen atoms in total. The summed E-state index contributed by atoms with van der Waals surface area (Å²) >= 11 is 0. The molecule has 0 aromatic heterocycles. The predicted octanol–water partition coefficient (Wildman–Crippen LogP) is 0.806. The Labute approximate surface area is 178 Å². The van der Waals surface area contributed by atoms with E-state index < -0.39 is 6.17 Å². The van der Waals surface area contributed by atoms with E-state index in [1.54, 1.807) is 0 Å². The average Bonchev–Trinajstić information content (AvgIpc) is 3.37. The van der Waals surface area contributed by atoms with Crippen LogP contribution in [0.25, 0.3) is 0 Å². The van der Waals surface area contributed by atoms with Gasteiger partial charge in [-0.25, -0.2) is 9.82 Å². The molecule has 30 heavy (non-hydrogen) atoms. The van der Waals surface area contributed by atoms with Crippen LogP contribution < -0.4 is 16.2 Å². The van der Waals surface area contributed by atoms with Crippen molar-refractivity contribution in [3.8, 4) is 0 Å². The van der Waals surface area contributed by atoms with E-state index in [0.29, 0.717) is 43.8 Å². The van der Waals surface area contributed by atoms with Crippen molar-refractivity contribution < 1.29 is 14.0 Å². The van der Waals surface area contributed by atoms with Crippen molar-refractivity contribution in [2.24, 2.45) is 17.8 Å². The number of alkyl halides is 1. The SMILES string of the molecule is CCC1CC(F)CC2NC(C(=O)N3CCC4NNC(C(=O)N(C)C5CC5)C4C3)CC12. The Hall–Kier alpha value is -1.25. The number of carbonyl (C=O) groups excluding carboxylic acids is 2. The second kappa shape index (κ2) is 8.02. The van der Waals surface area contributed by atoms with Gasteiger partial charge in [-0.1, -0.05) is 13.3 Å². The number of rotatable bonds is 4. The summed E-state index contributed by atoms with van der Waals surface area (Å²) in [4.78, 5) is 30.2. The minimum absolute atomic E-state index is 0.0960. The molecule has 5 fully saturated rings. The molecule has 3 heterocycles. The molecule has 8 unspecified atom stereocenters. The maximum absolute atomic E-state index is 14.1. The van der Waals surface area contributed by atoms with Crippen molar-refractivity contribution in [1.82, 2.24) is 26.0 Å². The first-order chi connectivity index (χ1) is 14.5. The van der Waals surface area contributed by atoms with Gasteiger partial charge in [0, 0.05) is 44.2 Å². The van der Waals surface area contributed by atoms with Gasteiger partial charge in [-0.2, -0.15) is 0 Å². The second-order valence-corrected chi connectivity index (χ2v) is 10.3. The number of carbonyl (C=O) groups is 2. The van der Waals surface area contributed by atoms with Crippen LogP contribution >= 0.6 is 0 Å². The van der Waals surface area contributed by atoms with Gasteiger partial charge in [0.15, 0.2) is 0 Å². The average molecular weight is 422 g/mol. The fraction of sp³-hybridized carbons (Fsp3) is 0.909. The van der Waals surface area contributed by atoms with Gasteiger partial charge in [0.2, 0.25) is 11.8 Å². The van der Waals surface area contributed by atoms with Gasteiger partial charge in [-0.3, -0.25) is 15.0 Å². The lowest BCUT2D eigenvalue weighted by Crippen LogP contribution is -2.55. The number of likely N-dealkylation sites (N-methyl/N-ethyl adjacent to an activating group) is 1. The van der Waals surface area contributed by atoms with E-state index in [9.17, 15) is 14.0 Å². The Kier molecular flexibility index (Phi) is 5.52. The van der Waals surface area contributed by atoms with Crippen LogP contribution in [0.2, 0.25) is 0 Å².